The molecule has 3 nitrogen and oxygen atoms in total. The van der Waals surface area contributed by atoms with E-state index in [4.69, 9.17) is 4.74 Å². The number of hydrogen-bond donors (Lipinski definition) is 1. The summed E-state index contributed by atoms with van der Waals surface area (Å²) in [6.45, 7) is 2.28. The topological polar surface area (TPSA) is 38.3 Å². The molecule has 4 heteroatoms. The summed E-state index contributed by atoms with van der Waals surface area (Å²) in [5.74, 6) is 0. The van der Waals surface area contributed by atoms with E-state index >= 15 is 0 Å². The molecular formula is C21H18BrNO2. The SMILES string of the molecule is Cc1cc(NC(=O)OCc2ccccc2)ccc1-c1ccc(Br)cc1. The van der Waals surface area contributed by atoms with Crippen molar-refractivity contribution in [2.75, 3.05) is 5.32 Å². The number of hydrogen-bond acceptors (Lipinski definition) is 2. The summed E-state index contributed by atoms with van der Waals surface area (Å²) in [4.78, 5) is 12.0. The highest BCUT2D eigenvalue weighted by molar-refractivity contribution is 9.10. The summed E-state index contributed by atoms with van der Waals surface area (Å²) in [5.41, 5.74) is 5.04. The zero-order valence-corrected chi connectivity index (χ0v) is 15.4. The molecule has 0 aliphatic rings. The first-order valence-corrected chi connectivity index (χ1v) is 8.75. The third kappa shape index (κ3) is 4.70. The average Bonchev–Trinajstić information content (AvgIpc) is 2.62. The van der Waals surface area contributed by atoms with Gasteiger partial charge in [0.15, 0.2) is 0 Å². The lowest BCUT2D eigenvalue weighted by atomic mass is 10.0. The predicted molar refractivity (Wildman–Crippen MR) is 105 cm³/mol. The maximum absolute atomic E-state index is 12.0. The van der Waals surface area contributed by atoms with Crippen LogP contribution in [-0.2, 0) is 11.3 Å². The molecule has 3 aromatic rings. The van der Waals surface area contributed by atoms with Crippen molar-refractivity contribution in [2.45, 2.75) is 13.5 Å². The van der Waals surface area contributed by atoms with E-state index < -0.39 is 6.09 Å². The van der Waals surface area contributed by atoms with Gasteiger partial charge in [0.25, 0.3) is 0 Å². The zero-order valence-electron chi connectivity index (χ0n) is 13.8. The average molecular weight is 396 g/mol. The molecule has 0 unspecified atom stereocenters. The fourth-order valence-corrected chi connectivity index (χ4v) is 2.84. The number of carbonyl (C=O) groups is 1. The fourth-order valence-electron chi connectivity index (χ4n) is 2.57. The molecule has 0 saturated heterocycles. The van der Waals surface area contributed by atoms with Crippen LogP contribution in [0.25, 0.3) is 11.1 Å². The van der Waals surface area contributed by atoms with E-state index in [2.05, 4.69) is 33.4 Å². The van der Waals surface area contributed by atoms with Crippen LogP contribution in [0.2, 0.25) is 0 Å². The van der Waals surface area contributed by atoms with E-state index in [0.717, 1.165) is 32.4 Å². The third-order valence-corrected chi connectivity index (χ3v) is 4.37. The van der Waals surface area contributed by atoms with Gasteiger partial charge in [-0.1, -0.05) is 64.5 Å². The van der Waals surface area contributed by atoms with Crippen molar-refractivity contribution in [2.24, 2.45) is 0 Å². The lowest BCUT2D eigenvalue weighted by Crippen LogP contribution is -2.13. The molecule has 0 fully saturated rings. The van der Waals surface area contributed by atoms with Crippen LogP contribution in [0.4, 0.5) is 10.5 Å². The van der Waals surface area contributed by atoms with Crippen molar-refractivity contribution in [3.05, 3.63) is 88.4 Å². The number of carbonyl (C=O) groups excluding carboxylic acids is 1. The number of aryl methyl sites for hydroxylation is 1. The molecule has 0 atom stereocenters. The van der Waals surface area contributed by atoms with E-state index in [1.165, 1.54) is 0 Å². The second kappa shape index (κ2) is 7.99. The van der Waals surface area contributed by atoms with Crippen molar-refractivity contribution in [1.29, 1.82) is 0 Å². The van der Waals surface area contributed by atoms with E-state index in [0.29, 0.717) is 0 Å². The molecule has 3 aromatic carbocycles. The van der Waals surface area contributed by atoms with Crippen LogP contribution >= 0.6 is 15.9 Å². The maximum atomic E-state index is 12.0. The molecule has 3 rings (SSSR count). The quantitative estimate of drug-likeness (QED) is 0.573. The smallest absolute Gasteiger partial charge is 0.411 e. The minimum Gasteiger partial charge on any atom is -0.444 e. The van der Waals surface area contributed by atoms with Gasteiger partial charge in [-0.3, -0.25) is 5.32 Å². The van der Waals surface area contributed by atoms with Gasteiger partial charge in [-0.2, -0.15) is 0 Å². The van der Waals surface area contributed by atoms with Crippen LogP contribution in [-0.4, -0.2) is 6.09 Å². The first-order chi connectivity index (χ1) is 12.1. The Hall–Kier alpha value is -2.59. The molecule has 25 heavy (non-hydrogen) atoms. The van der Waals surface area contributed by atoms with Crippen molar-refractivity contribution < 1.29 is 9.53 Å². The first-order valence-electron chi connectivity index (χ1n) is 7.96. The fraction of sp³-hybridized carbons (Fsp3) is 0.0952. The molecule has 0 heterocycles. The van der Waals surface area contributed by atoms with Gasteiger partial charge in [-0.05, 0) is 53.4 Å². The van der Waals surface area contributed by atoms with Crippen molar-refractivity contribution in [3.8, 4) is 11.1 Å². The van der Waals surface area contributed by atoms with Crippen molar-refractivity contribution in [1.82, 2.24) is 0 Å². The van der Waals surface area contributed by atoms with Crippen LogP contribution in [0.5, 0.6) is 0 Å². The van der Waals surface area contributed by atoms with Crippen LogP contribution in [0.15, 0.2) is 77.3 Å². The van der Waals surface area contributed by atoms with Crippen LogP contribution < -0.4 is 5.32 Å². The van der Waals surface area contributed by atoms with Gasteiger partial charge < -0.3 is 4.74 Å². The highest BCUT2D eigenvalue weighted by Gasteiger charge is 2.07. The number of halogens is 1. The lowest BCUT2D eigenvalue weighted by molar-refractivity contribution is 0.155. The number of rotatable bonds is 4. The molecular weight excluding hydrogens is 378 g/mol. The number of benzene rings is 3. The Bertz CT molecular complexity index is 861. The van der Waals surface area contributed by atoms with Gasteiger partial charge in [0.05, 0.1) is 0 Å². The Kier molecular flexibility index (Phi) is 5.51. The number of amides is 1. The van der Waals surface area contributed by atoms with Gasteiger partial charge >= 0.3 is 6.09 Å². The Balaban J connectivity index is 1.64. The van der Waals surface area contributed by atoms with E-state index in [-0.39, 0.29) is 6.61 Å². The lowest BCUT2D eigenvalue weighted by Gasteiger charge is -2.11. The molecule has 0 aliphatic carbocycles. The van der Waals surface area contributed by atoms with Gasteiger partial charge in [0.1, 0.15) is 6.61 Å². The van der Waals surface area contributed by atoms with Crippen molar-refractivity contribution in [3.63, 3.8) is 0 Å². The van der Waals surface area contributed by atoms with E-state index in [1.54, 1.807) is 0 Å². The summed E-state index contributed by atoms with van der Waals surface area (Å²) in [6.07, 6.45) is -0.459. The van der Waals surface area contributed by atoms with E-state index in [1.807, 2.05) is 67.6 Å². The molecule has 0 spiro atoms. The highest BCUT2D eigenvalue weighted by atomic mass is 79.9. The normalized spacial score (nSPS) is 10.3. The molecule has 0 aliphatic heterocycles. The monoisotopic (exact) mass is 395 g/mol. The molecule has 0 aromatic heterocycles. The van der Waals surface area contributed by atoms with Crippen LogP contribution in [0.1, 0.15) is 11.1 Å². The summed E-state index contributed by atoms with van der Waals surface area (Å²) >= 11 is 3.45. The van der Waals surface area contributed by atoms with Gasteiger partial charge in [-0.15, -0.1) is 0 Å². The van der Waals surface area contributed by atoms with Gasteiger partial charge in [-0.25, -0.2) is 4.79 Å². The summed E-state index contributed by atoms with van der Waals surface area (Å²) in [5, 5.41) is 2.77. The maximum Gasteiger partial charge on any atom is 0.411 e. The predicted octanol–water partition coefficient (Wildman–Crippen LogP) is 6.17. The molecule has 1 amide bonds. The second-order valence-electron chi connectivity index (χ2n) is 5.72. The first kappa shape index (κ1) is 17.2. The molecule has 1 N–H and O–H groups in total. The third-order valence-electron chi connectivity index (χ3n) is 3.84. The van der Waals surface area contributed by atoms with Crippen molar-refractivity contribution >= 4 is 27.7 Å². The molecule has 0 bridgehead atoms. The van der Waals surface area contributed by atoms with Crippen LogP contribution in [0.3, 0.4) is 0 Å². The number of anilines is 1. The zero-order chi connectivity index (χ0) is 17.6. The summed E-state index contributed by atoms with van der Waals surface area (Å²) in [6, 6.07) is 23.6. The molecule has 0 saturated carbocycles. The Morgan fingerprint density at radius 2 is 1.72 bits per heavy atom. The second-order valence-corrected chi connectivity index (χ2v) is 6.64. The minimum absolute atomic E-state index is 0.253. The highest BCUT2D eigenvalue weighted by Crippen LogP contribution is 2.27. The van der Waals surface area contributed by atoms with Gasteiger partial charge in [0, 0.05) is 10.2 Å². The standard InChI is InChI=1S/C21H18BrNO2/c1-15-13-19(11-12-20(15)17-7-9-18(22)10-8-17)23-21(24)25-14-16-5-3-2-4-6-16/h2-13H,14H2,1H3,(H,23,24). The Morgan fingerprint density at radius 3 is 2.40 bits per heavy atom. The molecule has 0 radical (unpaired) electrons. The Morgan fingerprint density at radius 1 is 1.00 bits per heavy atom. The Labute approximate surface area is 155 Å². The van der Waals surface area contributed by atoms with Crippen LogP contribution in [0, 0.1) is 6.92 Å². The number of ether oxygens (including phenoxy) is 1. The van der Waals surface area contributed by atoms with Gasteiger partial charge in [0.2, 0.25) is 0 Å². The summed E-state index contributed by atoms with van der Waals surface area (Å²) in [7, 11) is 0. The van der Waals surface area contributed by atoms with E-state index in [9.17, 15) is 4.79 Å². The number of nitrogens with one attached hydrogen (secondary N) is 1. The minimum atomic E-state index is -0.459. The molecule has 126 valence electrons. The largest absolute Gasteiger partial charge is 0.444 e. The summed E-state index contributed by atoms with van der Waals surface area (Å²) < 4.78 is 6.29.